The molecule has 0 nitrogen and oxygen atoms in total. The first-order valence-corrected chi connectivity index (χ1v) is 5.10. The third kappa shape index (κ3) is 1.44. The molecule has 1 aromatic rings. The van der Waals surface area contributed by atoms with Gasteiger partial charge in [-0.15, -0.1) is 6.42 Å². The molecule has 0 atom stereocenters. The molecule has 0 unspecified atom stereocenters. The first-order chi connectivity index (χ1) is 6.54. The fourth-order valence-electron chi connectivity index (χ4n) is 2.14. The molecule has 0 aliphatic heterocycles. The lowest BCUT2D eigenvalue weighted by molar-refractivity contribution is 1.05. The topological polar surface area (TPSA) is 0 Å². The fraction of sp³-hybridized carbons (Fsp3) is 0.429. The van der Waals surface area contributed by atoms with Crippen LogP contribution in [0.1, 0.15) is 40.3 Å². The van der Waals surface area contributed by atoms with E-state index in [0.717, 1.165) is 12.0 Å². The van der Waals surface area contributed by atoms with Gasteiger partial charge in [0.1, 0.15) is 0 Å². The second-order valence-electron chi connectivity index (χ2n) is 3.85. The summed E-state index contributed by atoms with van der Waals surface area (Å²) in [5.41, 5.74) is 7.81. The van der Waals surface area contributed by atoms with Crippen LogP contribution in [0.15, 0.2) is 0 Å². The third-order valence-corrected chi connectivity index (χ3v) is 3.28. The standard InChI is InChI=1S/C14H18/c1-7-13-9(3)11(5)14(8-2)12(6)10(13)4/h1H,8H2,2-6H3. The van der Waals surface area contributed by atoms with Crippen molar-refractivity contribution in [2.75, 3.05) is 0 Å². The highest BCUT2D eigenvalue weighted by molar-refractivity contribution is 5.55. The Labute approximate surface area is 87.4 Å². The zero-order chi connectivity index (χ0) is 10.9. The molecule has 0 fully saturated rings. The molecule has 0 saturated heterocycles. The third-order valence-electron chi connectivity index (χ3n) is 3.28. The number of benzene rings is 1. The van der Waals surface area contributed by atoms with E-state index in [1.807, 2.05) is 0 Å². The van der Waals surface area contributed by atoms with E-state index in [-0.39, 0.29) is 0 Å². The fourth-order valence-corrected chi connectivity index (χ4v) is 2.14. The van der Waals surface area contributed by atoms with E-state index in [0.29, 0.717) is 0 Å². The molecule has 0 aliphatic rings. The Balaban J connectivity index is 3.66. The minimum Gasteiger partial charge on any atom is -0.115 e. The van der Waals surface area contributed by atoms with Gasteiger partial charge in [-0.25, -0.2) is 0 Å². The molecule has 0 N–H and O–H groups in total. The van der Waals surface area contributed by atoms with Gasteiger partial charge in [-0.3, -0.25) is 0 Å². The lowest BCUT2D eigenvalue weighted by Crippen LogP contribution is -2.02. The van der Waals surface area contributed by atoms with E-state index in [4.69, 9.17) is 6.42 Å². The van der Waals surface area contributed by atoms with Crippen molar-refractivity contribution in [3.63, 3.8) is 0 Å². The van der Waals surface area contributed by atoms with Gasteiger partial charge in [-0.2, -0.15) is 0 Å². The van der Waals surface area contributed by atoms with Crippen molar-refractivity contribution < 1.29 is 0 Å². The average molecular weight is 186 g/mol. The zero-order valence-corrected chi connectivity index (χ0v) is 9.78. The quantitative estimate of drug-likeness (QED) is 0.589. The van der Waals surface area contributed by atoms with Gasteiger partial charge in [0.2, 0.25) is 0 Å². The van der Waals surface area contributed by atoms with Crippen molar-refractivity contribution in [1.82, 2.24) is 0 Å². The highest BCUT2D eigenvalue weighted by atomic mass is 14.2. The molecule has 0 radical (unpaired) electrons. The summed E-state index contributed by atoms with van der Waals surface area (Å²) in [6.45, 7) is 10.8. The second-order valence-corrected chi connectivity index (χ2v) is 3.85. The molecule has 1 aromatic carbocycles. The first kappa shape index (κ1) is 10.9. The van der Waals surface area contributed by atoms with Crippen molar-refractivity contribution >= 4 is 0 Å². The number of terminal acetylenes is 1. The summed E-state index contributed by atoms with van der Waals surface area (Å²) in [5.74, 6) is 2.80. The van der Waals surface area contributed by atoms with E-state index in [1.165, 1.54) is 27.8 Å². The van der Waals surface area contributed by atoms with E-state index in [1.54, 1.807) is 0 Å². The Morgan fingerprint density at radius 2 is 1.36 bits per heavy atom. The van der Waals surface area contributed by atoms with Crippen LogP contribution >= 0.6 is 0 Å². The summed E-state index contributed by atoms with van der Waals surface area (Å²) in [6.07, 6.45) is 6.62. The molecule has 1 rings (SSSR count). The van der Waals surface area contributed by atoms with Crippen LogP contribution in [-0.4, -0.2) is 0 Å². The highest BCUT2D eigenvalue weighted by Crippen LogP contribution is 2.26. The maximum atomic E-state index is 5.53. The molecule has 0 heterocycles. The van der Waals surface area contributed by atoms with Crippen LogP contribution in [0.25, 0.3) is 0 Å². The van der Waals surface area contributed by atoms with E-state index in [9.17, 15) is 0 Å². The summed E-state index contributed by atoms with van der Waals surface area (Å²) < 4.78 is 0. The normalized spacial score (nSPS) is 10.0. The van der Waals surface area contributed by atoms with Gasteiger partial charge in [0.05, 0.1) is 0 Å². The largest absolute Gasteiger partial charge is 0.115 e. The molecule has 0 saturated carbocycles. The molecule has 0 spiro atoms. The van der Waals surface area contributed by atoms with Crippen molar-refractivity contribution in [2.24, 2.45) is 0 Å². The molecular weight excluding hydrogens is 168 g/mol. The maximum absolute atomic E-state index is 5.53. The SMILES string of the molecule is C#Cc1c(C)c(C)c(CC)c(C)c1C. The Kier molecular flexibility index (Phi) is 3.01. The van der Waals surface area contributed by atoms with Crippen LogP contribution in [0.4, 0.5) is 0 Å². The van der Waals surface area contributed by atoms with Crippen LogP contribution in [0, 0.1) is 40.0 Å². The summed E-state index contributed by atoms with van der Waals surface area (Å²) >= 11 is 0. The second kappa shape index (κ2) is 3.88. The first-order valence-electron chi connectivity index (χ1n) is 5.10. The molecule has 0 aromatic heterocycles. The summed E-state index contributed by atoms with van der Waals surface area (Å²) in [6, 6.07) is 0. The molecule has 0 bridgehead atoms. The van der Waals surface area contributed by atoms with E-state index >= 15 is 0 Å². The Bertz CT molecular complexity index is 367. The Morgan fingerprint density at radius 3 is 1.64 bits per heavy atom. The summed E-state index contributed by atoms with van der Waals surface area (Å²) in [4.78, 5) is 0. The van der Waals surface area contributed by atoms with Crippen LogP contribution in [-0.2, 0) is 6.42 Å². The van der Waals surface area contributed by atoms with Gasteiger partial charge in [0.25, 0.3) is 0 Å². The minimum absolute atomic E-state index is 1.08. The van der Waals surface area contributed by atoms with Gasteiger partial charge in [0.15, 0.2) is 0 Å². The van der Waals surface area contributed by atoms with Gasteiger partial charge < -0.3 is 0 Å². The van der Waals surface area contributed by atoms with Crippen LogP contribution in [0.2, 0.25) is 0 Å². The minimum atomic E-state index is 1.08. The van der Waals surface area contributed by atoms with Crippen molar-refractivity contribution in [3.05, 3.63) is 33.4 Å². The number of rotatable bonds is 1. The molecule has 74 valence electrons. The highest BCUT2D eigenvalue weighted by Gasteiger charge is 2.11. The Morgan fingerprint density at radius 1 is 0.929 bits per heavy atom. The number of hydrogen-bond acceptors (Lipinski definition) is 0. The van der Waals surface area contributed by atoms with Crippen molar-refractivity contribution in [3.8, 4) is 12.3 Å². The molecule has 0 aliphatic carbocycles. The van der Waals surface area contributed by atoms with E-state index in [2.05, 4.69) is 40.5 Å². The number of hydrogen-bond donors (Lipinski definition) is 0. The molecule has 14 heavy (non-hydrogen) atoms. The van der Waals surface area contributed by atoms with Crippen LogP contribution < -0.4 is 0 Å². The predicted octanol–water partition coefficient (Wildman–Crippen LogP) is 3.46. The molecular formula is C14H18. The van der Waals surface area contributed by atoms with Crippen LogP contribution in [0.3, 0.4) is 0 Å². The average Bonchev–Trinajstić information content (AvgIpc) is 2.17. The van der Waals surface area contributed by atoms with E-state index < -0.39 is 0 Å². The molecule has 0 amide bonds. The van der Waals surface area contributed by atoms with Gasteiger partial charge in [-0.05, 0) is 61.9 Å². The summed E-state index contributed by atoms with van der Waals surface area (Å²) in [7, 11) is 0. The zero-order valence-electron chi connectivity index (χ0n) is 9.78. The van der Waals surface area contributed by atoms with Gasteiger partial charge >= 0.3 is 0 Å². The monoisotopic (exact) mass is 186 g/mol. The summed E-state index contributed by atoms with van der Waals surface area (Å²) in [5, 5.41) is 0. The Hall–Kier alpha value is -1.22. The predicted molar refractivity (Wildman–Crippen MR) is 62.7 cm³/mol. The lowest BCUT2D eigenvalue weighted by atomic mass is 9.88. The maximum Gasteiger partial charge on any atom is 0.0306 e. The van der Waals surface area contributed by atoms with Crippen molar-refractivity contribution in [2.45, 2.75) is 41.0 Å². The molecule has 0 heteroatoms. The van der Waals surface area contributed by atoms with Crippen molar-refractivity contribution in [1.29, 1.82) is 0 Å². The smallest absolute Gasteiger partial charge is 0.0306 e. The van der Waals surface area contributed by atoms with Crippen LogP contribution in [0.5, 0.6) is 0 Å². The van der Waals surface area contributed by atoms with Gasteiger partial charge in [-0.1, -0.05) is 12.8 Å². The lowest BCUT2D eigenvalue weighted by Gasteiger charge is -2.16. The van der Waals surface area contributed by atoms with Gasteiger partial charge in [0, 0.05) is 5.56 Å².